The van der Waals surface area contributed by atoms with Crippen LogP contribution in [-0.4, -0.2) is 21.1 Å². The van der Waals surface area contributed by atoms with E-state index in [0.717, 1.165) is 31.2 Å². The van der Waals surface area contributed by atoms with Crippen LogP contribution in [0.5, 0.6) is 5.75 Å². The zero-order valence-corrected chi connectivity index (χ0v) is 13.7. The summed E-state index contributed by atoms with van der Waals surface area (Å²) in [4.78, 5) is 8.86. The molecule has 0 aliphatic heterocycles. The first kappa shape index (κ1) is 16.2. The molecule has 124 valence electrons. The molecule has 24 heavy (non-hydrogen) atoms. The minimum atomic E-state index is 0.0984. The maximum atomic E-state index is 10.1. The Bertz CT molecular complexity index is 804. The number of nitriles is 1. The Balaban J connectivity index is 2.10. The van der Waals surface area contributed by atoms with Gasteiger partial charge in [0.05, 0.1) is 11.3 Å². The van der Waals surface area contributed by atoms with Crippen LogP contribution in [0.1, 0.15) is 48.4 Å². The number of nitrogen functional groups attached to an aromatic ring is 1. The molecule has 3 rings (SSSR count). The number of aromatic nitrogens is 2. The van der Waals surface area contributed by atoms with Crippen LogP contribution in [0.25, 0.3) is 11.4 Å². The first-order chi connectivity index (χ1) is 11.5. The van der Waals surface area contributed by atoms with Gasteiger partial charge in [-0.15, -0.1) is 0 Å². The number of nitrogens with zero attached hydrogens (tertiary/aromatic N) is 3. The third-order valence-electron chi connectivity index (χ3n) is 4.63. The summed E-state index contributed by atoms with van der Waals surface area (Å²) in [5.41, 5.74) is 14.5. The van der Waals surface area contributed by atoms with E-state index >= 15 is 0 Å². The van der Waals surface area contributed by atoms with Crippen LogP contribution >= 0.6 is 0 Å². The summed E-state index contributed by atoms with van der Waals surface area (Å²) in [6.45, 7) is 1.93. The summed E-state index contributed by atoms with van der Waals surface area (Å²) >= 11 is 0. The standard InChI is InChI=1S/C18H21N5O/c1-10-2-7-15(24)13(8-10)18-22-16(14(9-19)17(21)23-18)11-3-5-12(20)6-4-11/h2,7-8,11-12,24H,3-6,20H2,1H3,(H2,21,22,23). The van der Waals surface area contributed by atoms with Crippen molar-refractivity contribution in [2.75, 3.05) is 5.73 Å². The van der Waals surface area contributed by atoms with Crippen molar-refractivity contribution in [3.8, 4) is 23.2 Å². The Labute approximate surface area is 141 Å². The third kappa shape index (κ3) is 3.03. The molecule has 0 spiro atoms. The number of hydrogen-bond donors (Lipinski definition) is 3. The van der Waals surface area contributed by atoms with Crippen molar-refractivity contribution < 1.29 is 5.11 Å². The Kier molecular flexibility index (Phi) is 4.36. The normalized spacial score (nSPS) is 20.5. The number of aryl methyl sites for hydroxylation is 1. The van der Waals surface area contributed by atoms with Crippen molar-refractivity contribution >= 4 is 5.82 Å². The van der Waals surface area contributed by atoms with E-state index in [2.05, 4.69) is 16.0 Å². The number of aromatic hydroxyl groups is 1. The van der Waals surface area contributed by atoms with Crippen LogP contribution in [0.4, 0.5) is 5.82 Å². The first-order valence-corrected chi connectivity index (χ1v) is 8.12. The summed E-state index contributed by atoms with van der Waals surface area (Å²) in [5, 5.41) is 19.6. The van der Waals surface area contributed by atoms with Gasteiger partial charge < -0.3 is 16.6 Å². The van der Waals surface area contributed by atoms with E-state index in [4.69, 9.17) is 11.5 Å². The summed E-state index contributed by atoms with van der Waals surface area (Å²) in [6.07, 6.45) is 3.58. The summed E-state index contributed by atoms with van der Waals surface area (Å²) in [6, 6.07) is 7.59. The quantitative estimate of drug-likeness (QED) is 0.781. The van der Waals surface area contributed by atoms with Gasteiger partial charge in [-0.05, 0) is 44.7 Å². The number of phenols is 1. The molecule has 0 atom stereocenters. The van der Waals surface area contributed by atoms with Gasteiger partial charge in [-0.1, -0.05) is 11.6 Å². The number of anilines is 1. The van der Waals surface area contributed by atoms with E-state index in [1.165, 1.54) is 0 Å². The third-order valence-corrected chi connectivity index (χ3v) is 4.63. The van der Waals surface area contributed by atoms with Gasteiger partial charge in [0.15, 0.2) is 5.82 Å². The molecule has 6 heteroatoms. The van der Waals surface area contributed by atoms with Gasteiger partial charge in [-0.3, -0.25) is 0 Å². The van der Waals surface area contributed by atoms with Crippen molar-refractivity contribution in [1.29, 1.82) is 5.26 Å². The number of rotatable bonds is 2. The monoisotopic (exact) mass is 323 g/mol. The molecule has 1 fully saturated rings. The van der Waals surface area contributed by atoms with Crippen LogP contribution < -0.4 is 11.5 Å². The van der Waals surface area contributed by atoms with Crippen molar-refractivity contribution in [3.05, 3.63) is 35.0 Å². The lowest BCUT2D eigenvalue weighted by molar-refractivity contribution is 0.390. The fraction of sp³-hybridized carbons (Fsp3) is 0.389. The SMILES string of the molecule is Cc1ccc(O)c(-c2nc(N)c(C#N)c(C3CCC(N)CC3)n2)c1. The van der Waals surface area contributed by atoms with Gasteiger partial charge in [0.1, 0.15) is 23.2 Å². The predicted octanol–water partition coefficient (Wildman–Crippen LogP) is 2.60. The van der Waals surface area contributed by atoms with Crippen LogP contribution in [-0.2, 0) is 0 Å². The second kappa shape index (κ2) is 6.46. The summed E-state index contributed by atoms with van der Waals surface area (Å²) in [7, 11) is 0. The molecule has 0 unspecified atom stereocenters. The van der Waals surface area contributed by atoms with E-state index in [1.807, 2.05) is 19.1 Å². The molecular formula is C18H21N5O. The average molecular weight is 323 g/mol. The second-order valence-corrected chi connectivity index (χ2v) is 6.44. The molecule has 0 saturated heterocycles. The molecule has 1 aliphatic rings. The fourth-order valence-electron chi connectivity index (χ4n) is 3.25. The topological polar surface area (TPSA) is 122 Å². The number of phenolic OH excluding ortho intramolecular Hbond substituents is 1. The van der Waals surface area contributed by atoms with Gasteiger partial charge in [0, 0.05) is 12.0 Å². The van der Waals surface area contributed by atoms with E-state index in [9.17, 15) is 10.4 Å². The van der Waals surface area contributed by atoms with Crippen LogP contribution in [0.15, 0.2) is 18.2 Å². The minimum Gasteiger partial charge on any atom is -0.507 e. The van der Waals surface area contributed by atoms with Crippen molar-refractivity contribution in [2.24, 2.45) is 5.73 Å². The van der Waals surface area contributed by atoms with Gasteiger partial charge in [0.25, 0.3) is 0 Å². The molecule has 1 heterocycles. The zero-order chi connectivity index (χ0) is 17.3. The molecule has 6 nitrogen and oxygen atoms in total. The zero-order valence-electron chi connectivity index (χ0n) is 13.7. The predicted molar refractivity (Wildman–Crippen MR) is 92.2 cm³/mol. The highest BCUT2D eigenvalue weighted by atomic mass is 16.3. The van der Waals surface area contributed by atoms with Gasteiger partial charge in [-0.25, -0.2) is 9.97 Å². The summed E-state index contributed by atoms with van der Waals surface area (Å²) in [5.74, 6) is 0.766. The molecule has 0 amide bonds. The minimum absolute atomic E-state index is 0.0984. The maximum Gasteiger partial charge on any atom is 0.165 e. The molecule has 5 N–H and O–H groups in total. The van der Waals surface area contributed by atoms with Gasteiger partial charge >= 0.3 is 0 Å². The maximum absolute atomic E-state index is 10.1. The smallest absolute Gasteiger partial charge is 0.165 e. The van der Waals surface area contributed by atoms with E-state index in [1.54, 1.807) is 6.07 Å². The van der Waals surface area contributed by atoms with E-state index < -0.39 is 0 Å². The molecular weight excluding hydrogens is 302 g/mol. The van der Waals surface area contributed by atoms with Gasteiger partial charge in [-0.2, -0.15) is 5.26 Å². The van der Waals surface area contributed by atoms with Crippen molar-refractivity contribution in [2.45, 2.75) is 44.6 Å². The Morgan fingerprint density at radius 1 is 1.21 bits per heavy atom. The highest BCUT2D eigenvalue weighted by Gasteiger charge is 2.26. The van der Waals surface area contributed by atoms with Crippen molar-refractivity contribution in [1.82, 2.24) is 9.97 Å². The molecule has 0 bridgehead atoms. The van der Waals surface area contributed by atoms with E-state index in [0.29, 0.717) is 22.6 Å². The molecule has 2 aromatic rings. The highest BCUT2D eigenvalue weighted by molar-refractivity contribution is 5.67. The first-order valence-electron chi connectivity index (χ1n) is 8.12. The lowest BCUT2D eigenvalue weighted by Crippen LogP contribution is -2.26. The van der Waals surface area contributed by atoms with Gasteiger partial charge in [0.2, 0.25) is 0 Å². The molecule has 1 saturated carbocycles. The number of nitrogens with two attached hydrogens (primary N) is 2. The average Bonchev–Trinajstić information content (AvgIpc) is 2.57. The second-order valence-electron chi connectivity index (χ2n) is 6.44. The van der Waals surface area contributed by atoms with E-state index in [-0.39, 0.29) is 23.5 Å². The molecule has 1 aromatic heterocycles. The lowest BCUT2D eigenvalue weighted by atomic mass is 9.83. The van der Waals surface area contributed by atoms with Crippen LogP contribution in [0.2, 0.25) is 0 Å². The largest absolute Gasteiger partial charge is 0.507 e. The molecule has 1 aromatic carbocycles. The van der Waals surface area contributed by atoms with Crippen LogP contribution in [0, 0.1) is 18.3 Å². The van der Waals surface area contributed by atoms with Crippen LogP contribution in [0.3, 0.4) is 0 Å². The molecule has 1 aliphatic carbocycles. The Morgan fingerprint density at radius 3 is 2.58 bits per heavy atom. The Hall–Kier alpha value is -2.65. The fourth-order valence-corrected chi connectivity index (χ4v) is 3.25. The highest BCUT2D eigenvalue weighted by Crippen LogP contribution is 2.36. The number of benzene rings is 1. The number of hydrogen-bond acceptors (Lipinski definition) is 6. The van der Waals surface area contributed by atoms with Crippen molar-refractivity contribution in [3.63, 3.8) is 0 Å². The lowest BCUT2D eigenvalue weighted by Gasteiger charge is -2.26. The molecule has 0 radical (unpaired) electrons. The summed E-state index contributed by atoms with van der Waals surface area (Å²) < 4.78 is 0. The Morgan fingerprint density at radius 2 is 1.92 bits per heavy atom.